The van der Waals surface area contributed by atoms with E-state index in [4.69, 9.17) is 4.99 Å². The molecule has 2 aromatic carbocycles. The fraction of sp³-hybridized carbons (Fsp3) is 0.304. The maximum atomic E-state index is 5.05. The minimum Gasteiger partial charge on any atom is -0.260 e. The van der Waals surface area contributed by atoms with Crippen molar-refractivity contribution in [3.8, 4) is 0 Å². The molecule has 2 nitrogen and oxygen atoms in total. The Hall–Kier alpha value is -2.48. The Morgan fingerprint density at radius 3 is 2.80 bits per heavy atom. The first-order valence-corrected chi connectivity index (χ1v) is 9.27. The van der Waals surface area contributed by atoms with E-state index < -0.39 is 0 Å². The van der Waals surface area contributed by atoms with Crippen LogP contribution in [0.5, 0.6) is 0 Å². The molecule has 3 aliphatic rings. The minimum absolute atomic E-state index is 0.452. The molecule has 2 heterocycles. The first-order valence-electron chi connectivity index (χ1n) is 9.27. The number of rotatable bonds is 2. The van der Waals surface area contributed by atoms with E-state index in [1.807, 2.05) is 0 Å². The molecular weight excluding hydrogens is 304 g/mol. The fourth-order valence-electron chi connectivity index (χ4n) is 4.31. The van der Waals surface area contributed by atoms with Crippen LogP contribution < -0.4 is 0 Å². The zero-order chi connectivity index (χ0) is 17.0. The Labute approximate surface area is 149 Å². The number of hydrogen-bond acceptors (Lipinski definition) is 2. The van der Waals surface area contributed by atoms with Crippen molar-refractivity contribution in [3.05, 3.63) is 70.3 Å². The maximum Gasteiger partial charge on any atom is 0.0704 e. The minimum atomic E-state index is 0.452. The number of benzene rings is 2. The lowest BCUT2D eigenvalue weighted by atomic mass is 9.88. The quantitative estimate of drug-likeness (QED) is 0.677. The van der Waals surface area contributed by atoms with Gasteiger partial charge in [0.25, 0.3) is 0 Å². The van der Waals surface area contributed by atoms with E-state index in [-0.39, 0.29) is 0 Å². The van der Waals surface area contributed by atoms with Crippen molar-refractivity contribution in [2.75, 3.05) is 0 Å². The molecule has 0 saturated heterocycles. The second-order valence-electron chi connectivity index (χ2n) is 7.67. The van der Waals surface area contributed by atoms with Gasteiger partial charge in [0.1, 0.15) is 0 Å². The van der Waals surface area contributed by atoms with Gasteiger partial charge in [-0.3, -0.25) is 9.98 Å². The van der Waals surface area contributed by atoms with E-state index in [1.54, 1.807) is 0 Å². The summed E-state index contributed by atoms with van der Waals surface area (Å²) < 4.78 is 0. The van der Waals surface area contributed by atoms with Gasteiger partial charge in [-0.15, -0.1) is 0 Å². The standard InChI is InChI=1S/C23H22N2/c1-14(2)20-13-24-22-11-16(9-10-19(20)22)21-12-17-8-7-15-5-3-4-6-18(15)23(17)25-21/h3-6,9-11,13-14,20H,7-8,12H2,1-2H3. The summed E-state index contributed by atoms with van der Waals surface area (Å²) in [5.41, 5.74) is 10.4. The average Bonchev–Trinajstić information content (AvgIpc) is 3.25. The van der Waals surface area contributed by atoms with Gasteiger partial charge in [0, 0.05) is 24.1 Å². The highest BCUT2D eigenvalue weighted by Crippen LogP contribution is 2.41. The zero-order valence-corrected chi connectivity index (χ0v) is 14.8. The van der Waals surface area contributed by atoms with E-state index in [1.165, 1.54) is 39.2 Å². The molecule has 0 fully saturated rings. The van der Waals surface area contributed by atoms with E-state index in [2.05, 4.69) is 67.5 Å². The van der Waals surface area contributed by atoms with Gasteiger partial charge in [0.15, 0.2) is 0 Å². The topological polar surface area (TPSA) is 24.7 Å². The smallest absolute Gasteiger partial charge is 0.0704 e. The zero-order valence-electron chi connectivity index (χ0n) is 14.8. The SMILES string of the molecule is CC(C)C1C=Nc2cc(C3=NC4=C(CCc5ccccc54)C3)ccc21. The van der Waals surface area contributed by atoms with Crippen molar-refractivity contribution in [3.63, 3.8) is 0 Å². The molecule has 1 atom stereocenters. The highest BCUT2D eigenvalue weighted by Gasteiger charge is 2.27. The van der Waals surface area contributed by atoms with Crippen molar-refractivity contribution >= 4 is 23.3 Å². The van der Waals surface area contributed by atoms with Gasteiger partial charge in [-0.25, -0.2) is 0 Å². The van der Waals surface area contributed by atoms with E-state index in [9.17, 15) is 0 Å². The lowest BCUT2D eigenvalue weighted by molar-refractivity contribution is 0.617. The van der Waals surface area contributed by atoms with Crippen molar-refractivity contribution in [2.24, 2.45) is 15.9 Å². The molecule has 2 aromatic rings. The van der Waals surface area contributed by atoms with Crippen LogP contribution in [0.1, 0.15) is 54.9 Å². The van der Waals surface area contributed by atoms with Crippen LogP contribution in [0.3, 0.4) is 0 Å². The number of aliphatic imine (C=N–C) groups is 2. The van der Waals surface area contributed by atoms with Gasteiger partial charge in [-0.1, -0.05) is 50.2 Å². The molecule has 0 aromatic heterocycles. The number of allylic oxidation sites excluding steroid dienone is 1. The molecule has 0 saturated carbocycles. The molecule has 0 radical (unpaired) electrons. The molecule has 0 amide bonds. The third kappa shape index (κ3) is 2.31. The van der Waals surface area contributed by atoms with Crippen molar-refractivity contribution < 1.29 is 0 Å². The van der Waals surface area contributed by atoms with Gasteiger partial charge < -0.3 is 0 Å². The Morgan fingerprint density at radius 2 is 1.92 bits per heavy atom. The summed E-state index contributed by atoms with van der Waals surface area (Å²) >= 11 is 0. The van der Waals surface area contributed by atoms with Crippen LogP contribution in [0, 0.1) is 5.92 Å². The summed E-state index contributed by atoms with van der Waals surface area (Å²) in [7, 11) is 0. The third-order valence-corrected chi connectivity index (χ3v) is 5.75. The summed E-state index contributed by atoms with van der Waals surface area (Å²) in [5.74, 6) is 1.04. The molecular formula is C23H22N2. The van der Waals surface area contributed by atoms with Gasteiger partial charge in [0.05, 0.1) is 17.1 Å². The van der Waals surface area contributed by atoms with E-state index in [0.29, 0.717) is 11.8 Å². The largest absolute Gasteiger partial charge is 0.260 e. The Bertz CT molecular complexity index is 960. The molecule has 0 spiro atoms. The monoisotopic (exact) mass is 326 g/mol. The van der Waals surface area contributed by atoms with Gasteiger partial charge >= 0.3 is 0 Å². The van der Waals surface area contributed by atoms with E-state index >= 15 is 0 Å². The van der Waals surface area contributed by atoms with Gasteiger partial charge in [0.2, 0.25) is 0 Å². The molecule has 2 aliphatic heterocycles. The number of nitrogens with zero attached hydrogens (tertiary/aromatic N) is 2. The van der Waals surface area contributed by atoms with Crippen molar-refractivity contribution in [1.82, 2.24) is 0 Å². The van der Waals surface area contributed by atoms with E-state index in [0.717, 1.165) is 24.9 Å². The predicted molar refractivity (Wildman–Crippen MR) is 105 cm³/mol. The molecule has 2 heteroatoms. The third-order valence-electron chi connectivity index (χ3n) is 5.75. The average molecular weight is 326 g/mol. The molecule has 0 N–H and O–H groups in total. The Balaban J connectivity index is 1.50. The first-order chi connectivity index (χ1) is 12.2. The van der Waals surface area contributed by atoms with Crippen molar-refractivity contribution in [2.45, 2.75) is 39.0 Å². The summed E-state index contributed by atoms with van der Waals surface area (Å²) in [6.45, 7) is 4.52. The molecule has 1 unspecified atom stereocenters. The fourth-order valence-corrected chi connectivity index (χ4v) is 4.31. The molecule has 0 bridgehead atoms. The van der Waals surface area contributed by atoms with Crippen molar-refractivity contribution in [1.29, 1.82) is 0 Å². The number of hydrogen-bond donors (Lipinski definition) is 0. The van der Waals surface area contributed by atoms with Crippen LogP contribution in [0.4, 0.5) is 5.69 Å². The number of fused-ring (bicyclic) bond motifs is 3. The summed E-state index contributed by atoms with van der Waals surface area (Å²) in [5, 5.41) is 0. The Kier molecular flexibility index (Phi) is 3.27. The second kappa shape index (κ2) is 5.52. The molecule has 25 heavy (non-hydrogen) atoms. The molecule has 1 aliphatic carbocycles. The normalized spacial score (nSPS) is 20.6. The molecule has 5 rings (SSSR count). The lowest BCUT2D eigenvalue weighted by Gasteiger charge is -2.16. The second-order valence-corrected chi connectivity index (χ2v) is 7.67. The van der Waals surface area contributed by atoms with Gasteiger partial charge in [-0.05, 0) is 47.1 Å². The predicted octanol–water partition coefficient (Wildman–Crippen LogP) is 5.69. The van der Waals surface area contributed by atoms with Crippen LogP contribution in [0.2, 0.25) is 0 Å². The summed E-state index contributed by atoms with van der Waals surface area (Å²) in [6, 6.07) is 15.4. The first kappa shape index (κ1) is 14.8. The van der Waals surface area contributed by atoms with Gasteiger partial charge in [-0.2, -0.15) is 0 Å². The van der Waals surface area contributed by atoms with Crippen LogP contribution in [-0.4, -0.2) is 11.9 Å². The molecule has 124 valence electrons. The van der Waals surface area contributed by atoms with Crippen LogP contribution in [0.25, 0.3) is 5.70 Å². The maximum absolute atomic E-state index is 5.05. The number of aryl methyl sites for hydroxylation is 1. The lowest BCUT2D eigenvalue weighted by Crippen LogP contribution is -2.05. The highest BCUT2D eigenvalue weighted by atomic mass is 14.8. The Morgan fingerprint density at radius 1 is 1.04 bits per heavy atom. The summed E-state index contributed by atoms with van der Waals surface area (Å²) in [6.07, 6.45) is 5.37. The van der Waals surface area contributed by atoms with Crippen LogP contribution in [0.15, 0.2) is 58.0 Å². The summed E-state index contributed by atoms with van der Waals surface area (Å²) in [4.78, 5) is 9.71. The van der Waals surface area contributed by atoms with Crippen LogP contribution >= 0.6 is 0 Å². The van der Waals surface area contributed by atoms with Crippen LogP contribution in [-0.2, 0) is 6.42 Å². The highest BCUT2D eigenvalue weighted by molar-refractivity contribution is 6.09.